The number of nitrogens with zero attached hydrogens (tertiary/aromatic N) is 1. The molecule has 3 aromatic rings. The minimum atomic E-state index is -0.530. The molecule has 2 aromatic carbocycles. The van der Waals surface area contributed by atoms with Crippen LogP contribution in [0.25, 0.3) is 10.9 Å². The molecule has 0 amide bonds. The van der Waals surface area contributed by atoms with Crippen molar-refractivity contribution in [2.24, 2.45) is 0 Å². The zero-order chi connectivity index (χ0) is 21.3. The third-order valence-electron chi connectivity index (χ3n) is 5.73. The highest BCUT2D eigenvalue weighted by atomic mass is 35.5. The number of hydrogen-bond acceptors (Lipinski definition) is 4. The Morgan fingerprint density at radius 1 is 1.23 bits per heavy atom. The van der Waals surface area contributed by atoms with Crippen LogP contribution < -0.4 is 10.1 Å². The summed E-state index contributed by atoms with van der Waals surface area (Å²) in [5, 5.41) is 15.2. The van der Waals surface area contributed by atoms with E-state index in [-0.39, 0.29) is 12.6 Å². The Labute approximate surface area is 183 Å². The Balaban J connectivity index is 1.51. The third kappa shape index (κ3) is 4.49. The van der Waals surface area contributed by atoms with E-state index in [1.54, 1.807) is 0 Å². The Morgan fingerprint density at radius 3 is 2.73 bits per heavy atom. The van der Waals surface area contributed by atoms with Crippen LogP contribution in [0.5, 0.6) is 5.75 Å². The highest BCUT2D eigenvalue weighted by Crippen LogP contribution is 2.38. The van der Waals surface area contributed by atoms with Crippen molar-refractivity contribution in [3.05, 3.63) is 64.3 Å². The first-order valence-corrected chi connectivity index (χ1v) is 10.9. The molecular weight excluding hydrogens is 398 g/mol. The van der Waals surface area contributed by atoms with Crippen LogP contribution in [-0.2, 0) is 6.42 Å². The summed E-state index contributed by atoms with van der Waals surface area (Å²) in [6.45, 7) is 5.90. The molecule has 5 nitrogen and oxygen atoms in total. The van der Waals surface area contributed by atoms with E-state index in [9.17, 15) is 5.11 Å². The Kier molecular flexibility index (Phi) is 6.34. The number of aliphatic hydroxyl groups excluding tert-OH is 1. The lowest BCUT2D eigenvalue weighted by Gasteiger charge is -2.33. The van der Waals surface area contributed by atoms with Gasteiger partial charge in [0.25, 0.3) is 0 Å². The number of rotatable bonds is 7. The number of halogens is 1. The quantitative estimate of drug-likeness (QED) is 0.530. The molecule has 160 valence electrons. The number of H-pyrrole nitrogens is 1. The number of aliphatic hydroxyl groups is 1. The van der Waals surface area contributed by atoms with Crippen molar-refractivity contribution in [3.8, 4) is 5.75 Å². The summed E-state index contributed by atoms with van der Waals surface area (Å²) < 4.78 is 5.77. The van der Waals surface area contributed by atoms with Crippen molar-refractivity contribution in [3.63, 3.8) is 0 Å². The van der Waals surface area contributed by atoms with Crippen molar-refractivity contribution >= 4 is 22.5 Å². The van der Waals surface area contributed by atoms with Gasteiger partial charge in [-0.2, -0.15) is 0 Å². The first-order valence-electron chi connectivity index (χ1n) is 10.6. The molecule has 1 aromatic heterocycles. The maximum absolute atomic E-state index is 10.0. The molecule has 6 heteroatoms. The maximum Gasteiger partial charge on any atom is 0.119 e. The molecule has 30 heavy (non-hydrogen) atoms. The van der Waals surface area contributed by atoms with Gasteiger partial charge in [-0.25, -0.2) is 0 Å². The van der Waals surface area contributed by atoms with E-state index in [4.69, 9.17) is 16.3 Å². The molecule has 0 saturated carbocycles. The van der Waals surface area contributed by atoms with Crippen LogP contribution in [0.15, 0.2) is 42.5 Å². The van der Waals surface area contributed by atoms with Crippen LogP contribution in [-0.4, -0.2) is 53.9 Å². The second-order valence-electron chi connectivity index (χ2n) is 8.44. The van der Waals surface area contributed by atoms with Crippen LogP contribution >= 0.6 is 11.6 Å². The summed E-state index contributed by atoms with van der Waals surface area (Å²) >= 11 is 6.24. The Morgan fingerprint density at radius 2 is 2.00 bits per heavy atom. The molecule has 3 N–H and O–H groups in total. The van der Waals surface area contributed by atoms with Gasteiger partial charge in [-0.1, -0.05) is 37.6 Å². The van der Waals surface area contributed by atoms with Crippen molar-refractivity contribution in [2.45, 2.75) is 38.5 Å². The second kappa shape index (κ2) is 8.98. The first-order chi connectivity index (χ1) is 14.4. The molecule has 2 atom stereocenters. The van der Waals surface area contributed by atoms with Gasteiger partial charge in [-0.15, -0.1) is 0 Å². The molecule has 0 radical (unpaired) electrons. The van der Waals surface area contributed by atoms with Gasteiger partial charge >= 0.3 is 0 Å². The SMILES string of the molecule is CC(C)NCC(O)COc1ccc(C2c3[nH]c4ccc(Cl)cc4c3CCN2C)cc1. The van der Waals surface area contributed by atoms with E-state index in [0.717, 1.165) is 29.3 Å². The molecular formula is C24H30ClN3O2. The molecule has 0 bridgehead atoms. The Bertz CT molecular complexity index is 1000. The average Bonchev–Trinajstić information content (AvgIpc) is 3.08. The normalized spacial score (nSPS) is 18.0. The summed E-state index contributed by atoms with van der Waals surface area (Å²) in [5.41, 5.74) is 4.95. The Hall–Kier alpha value is -2.05. The number of aromatic amines is 1. The summed E-state index contributed by atoms with van der Waals surface area (Å²) in [7, 11) is 2.16. The van der Waals surface area contributed by atoms with Crippen LogP contribution in [0.3, 0.4) is 0 Å². The van der Waals surface area contributed by atoms with Crippen molar-refractivity contribution in [1.29, 1.82) is 0 Å². The summed E-state index contributed by atoms with van der Waals surface area (Å²) in [4.78, 5) is 6.00. The monoisotopic (exact) mass is 427 g/mol. The number of ether oxygens (including phenoxy) is 1. The zero-order valence-electron chi connectivity index (χ0n) is 17.8. The predicted molar refractivity (Wildman–Crippen MR) is 123 cm³/mol. The van der Waals surface area contributed by atoms with Crippen LogP contribution in [0.2, 0.25) is 5.02 Å². The van der Waals surface area contributed by atoms with Gasteiger partial charge in [0.15, 0.2) is 0 Å². The predicted octanol–water partition coefficient (Wildman–Crippen LogP) is 4.14. The summed E-state index contributed by atoms with van der Waals surface area (Å²) in [6.07, 6.45) is 0.476. The van der Waals surface area contributed by atoms with Gasteiger partial charge in [0.2, 0.25) is 0 Å². The van der Waals surface area contributed by atoms with Crippen LogP contribution in [0, 0.1) is 0 Å². The molecule has 2 unspecified atom stereocenters. The van der Waals surface area contributed by atoms with Gasteiger partial charge < -0.3 is 20.1 Å². The van der Waals surface area contributed by atoms with E-state index in [0.29, 0.717) is 12.6 Å². The number of hydrogen-bond donors (Lipinski definition) is 3. The molecule has 0 aliphatic carbocycles. The topological polar surface area (TPSA) is 60.5 Å². The van der Waals surface area contributed by atoms with Crippen molar-refractivity contribution in [2.75, 3.05) is 26.7 Å². The van der Waals surface area contributed by atoms with E-state index in [2.05, 4.69) is 60.4 Å². The number of likely N-dealkylation sites (N-methyl/N-ethyl adjacent to an activating group) is 1. The van der Waals surface area contributed by atoms with Gasteiger partial charge in [0.1, 0.15) is 18.5 Å². The largest absolute Gasteiger partial charge is 0.491 e. The van der Waals surface area contributed by atoms with E-state index < -0.39 is 6.10 Å². The lowest BCUT2D eigenvalue weighted by molar-refractivity contribution is 0.104. The number of aromatic nitrogens is 1. The molecule has 4 rings (SSSR count). The van der Waals surface area contributed by atoms with Crippen molar-refractivity contribution < 1.29 is 9.84 Å². The zero-order valence-corrected chi connectivity index (χ0v) is 18.5. The lowest BCUT2D eigenvalue weighted by Crippen LogP contribution is -2.35. The number of nitrogens with one attached hydrogen (secondary N) is 2. The number of benzene rings is 2. The van der Waals surface area contributed by atoms with Gasteiger partial charge in [0.05, 0.1) is 6.04 Å². The van der Waals surface area contributed by atoms with Gasteiger partial charge in [-0.05, 0) is 54.9 Å². The van der Waals surface area contributed by atoms with Gasteiger partial charge in [0, 0.05) is 40.8 Å². The average molecular weight is 428 g/mol. The minimum absolute atomic E-state index is 0.162. The summed E-state index contributed by atoms with van der Waals surface area (Å²) in [6, 6.07) is 14.8. The van der Waals surface area contributed by atoms with E-state index in [1.165, 1.54) is 22.2 Å². The smallest absolute Gasteiger partial charge is 0.119 e. The fourth-order valence-corrected chi connectivity index (χ4v) is 4.34. The second-order valence-corrected chi connectivity index (χ2v) is 8.87. The molecule has 1 aliphatic heterocycles. The van der Waals surface area contributed by atoms with Gasteiger partial charge in [-0.3, -0.25) is 4.90 Å². The highest BCUT2D eigenvalue weighted by molar-refractivity contribution is 6.31. The third-order valence-corrected chi connectivity index (χ3v) is 5.96. The fraction of sp³-hybridized carbons (Fsp3) is 0.417. The lowest BCUT2D eigenvalue weighted by atomic mass is 9.93. The molecule has 1 aliphatic rings. The van der Waals surface area contributed by atoms with Crippen LogP contribution in [0.4, 0.5) is 0 Å². The highest BCUT2D eigenvalue weighted by Gasteiger charge is 2.29. The van der Waals surface area contributed by atoms with Crippen LogP contribution in [0.1, 0.15) is 36.7 Å². The van der Waals surface area contributed by atoms with E-state index in [1.807, 2.05) is 18.2 Å². The molecule has 0 fully saturated rings. The minimum Gasteiger partial charge on any atom is -0.491 e. The summed E-state index contributed by atoms with van der Waals surface area (Å²) in [5.74, 6) is 0.768. The molecule has 0 saturated heterocycles. The number of fused-ring (bicyclic) bond motifs is 3. The molecule has 2 heterocycles. The molecule has 0 spiro atoms. The fourth-order valence-electron chi connectivity index (χ4n) is 4.17. The maximum atomic E-state index is 10.0. The van der Waals surface area contributed by atoms with E-state index >= 15 is 0 Å². The van der Waals surface area contributed by atoms with Crippen molar-refractivity contribution in [1.82, 2.24) is 15.2 Å². The first kappa shape index (κ1) is 21.2. The standard InChI is InChI=1S/C24H30ClN3O2/c1-15(2)26-13-18(29)14-30-19-7-4-16(5-8-19)24-23-20(10-11-28(24)3)21-12-17(25)6-9-22(21)27-23/h4-9,12,15,18,24,26-27,29H,10-11,13-14H2,1-3H3.